The summed E-state index contributed by atoms with van der Waals surface area (Å²) in [6.07, 6.45) is 1.97. The van der Waals surface area contributed by atoms with Crippen LogP contribution >= 0.6 is 12.4 Å². The van der Waals surface area contributed by atoms with Gasteiger partial charge in [-0.2, -0.15) is 0 Å². The van der Waals surface area contributed by atoms with E-state index in [0.717, 1.165) is 24.8 Å². The molecule has 1 aliphatic heterocycles. The third-order valence-corrected chi connectivity index (χ3v) is 7.25. The van der Waals surface area contributed by atoms with Crippen LogP contribution in [0.3, 0.4) is 0 Å². The molecule has 2 aromatic carbocycles. The Morgan fingerprint density at radius 2 is 1.81 bits per heavy atom. The molecule has 2 N–H and O–H groups in total. The normalized spacial score (nSPS) is 17.0. The van der Waals surface area contributed by atoms with Gasteiger partial charge in [0.2, 0.25) is 10.0 Å². The Bertz CT molecular complexity index is 1040. The van der Waals surface area contributed by atoms with Crippen molar-refractivity contribution in [3.8, 4) is 0 Å². The Morgan fingerprint density at radius 1 is 1.11 bits per heavy atom. The fourth-order valence-electron chi connectivity index (χ4n) is 3.15. The molecule has 2 aromatic rings. The van der Waals surface area contributed by atoms with Crippen molar-refractivity contribution in [3.63, 3.8) is 0 Å². The summed E-state index contributed by atoms with van der Waals surface area (Å²) in [4.78, 5) is -0.0193. The Morgan fingerprint density at radius 3 is 2.52 bits per heavy atom. The topological polar surface area (TPSA) is 92.3 Å². The molecule has 0 bridgehead atoms. The Kier molecular flexibility index (Phi) is 6.70. The van der Waals surface area contributed by atoms with Crippen LogP contribution in [0.25, 0.3) is 0 Å². The van der Waals surface area contributed by atoms with Crippen LogP contribution in [-0.4, -0.2) is 36.2 Å². The van der Waals surface area contributed by atoms with Gasteiger partial charge in [0.1, 0.15) is 0 Å². The summed E-state index contributed by atoms with van der Waals surface area (Å²) in [6, 6.07) is 12.0. The van der Waals surface area contributed by atoms with Crippen molar-refractivity contribution in [2.45, 2.75) is 29.2 Å². The number of sulfone groups is 1. The zero-order chi connectivity index (χ0) is 18.9. The van der Waals surface area contributed by atoms with E-state index in [2.05, 4.69) is 16.1 Å². The van der Waals surface area contributed by atoms with E-state index >= 15 is 0 Å². The molecule has 1 unspecified atom stereocenters. The van der Waals surface area contributed by atoms with Crippen molar-refractivity contribution in [2.24, 2.45) is 0 Å². The van der Waals surface area contributed by atoms with Gasteiger partial charge in [0, 0.05) is 18.8 Å². The molecule has 0 fully saturated rings. The standard InChI is InChI=1S/C18H22N2O4S2.ClH/c1-13-7-8-15(25(2,21)22)11-18(13)26(23,24)20-12-17-16-6-4-3-5-14(16)9-10-19-17;/h3-8,11,17,19-20H,9-10,12H2,1-2H3;1H. The van der Waals surface area contributed by atoms with E-state index in [4.69, 9.17) is 0 Å². The van der Waals surface area contributed by atoms with E-state index in [1.807, 2.05) is 18.2 Å². The summed E-state index contributed by atoms with van der Waals surface area (Å²) in [5.74, 6) is 0. The highest BCUT2D eigenvalue weighted by atomic mass is 35.5. The van der Waals surface area contributed by atoms with E-state index in [0.29, 0.717) is 5.56 Å². The lowest BCUT2D eigenvalue weighted by Gasteiger charge is -2.27. The van der Waals surface area contributed by atoms with Gasteiger partial charge >= 0.3 is 0 Å². The van der Waals surface area contributed by atoms with E-state index in [-0.39, 0.29) is 34.8 Å². The van der Waals surface area contributed by atoms with Crippen LogP contribution in [0.1, 0.15) is 22.7 Å². The molecule has 1 heterocycles. The van der Waals surface area contributed by atoms with Gasteiger partial charge in [-0.05, 0) is 48.7 Å². The molecular formula is C18H23ClN2O4S2. The molecule has 0 amide bonds. The van der Waals surface area contributed by atoms with Crippen LogP contribution in [0.5, 0.6) is 0 Å². The molecule has 6 nitrogen and oxygen atoms in total. The van der Waals surface area contributed by atoms with Gasteiger partial charge in [-0.1, -0.05) is 30.3 Å². The lowest BCUT2D eigenvalue weighted by molar-refractivity contribution is 0.491. The molecule has 0 radical (unpaired) electrons. The molecule has 0 aliphatic carbocycles. The SMILES string of the molecule is Cc1ccc(S(C)(=O)=O)cc1S(=O)(=O)NCC1NCCc2ccccc21.Cl. The van der Waals surface area contributed by atoms with Crippen LogP contribution in [-0.2, 0) is 26.3 Å². The third kappa shape index (κ3) is 4.89. The minimum absolute atomic E-state index is 0. The van der Waals surface area contributed by atoms with E-state index in [9.17, 15) is 16.8 Å². The van der Waals surface area contributed by atoms with E-state index in [1.165, 1.54) is 23.8 Å². The Labute approximate surface area is 166 Å². The second-order valence-corrected chi connectivity index (χ2v) is 10.3. The number of nitrogens with one attached hydrogen (secondary N) is 2. The van der Waals surface area contributed by atoms with E-state index < -0.39 is 19.9 Å². The van der Waals surface area contributed by atoms with Gasteiger partial charge in [0.05, 0.1) is 9.79 Å². The van der Waals surface area contributed by atoms with Crippen molar-refractivity contribution in [1.82, 2.24) is 10.0 Å². The van der Waals surface area contributed by atoms with Gasteiger partial charge in [-0.25, -0.2) is 21.6 Å². The molecule has 0 saturated carbocycles. The van der Waals surface area contributed by atoms with Crippen LogP contribution < -0.4 is 10.0 Å². The zero-order valence-corrected chi connectivity index (χ0v) is 17.5. The summed E-state index contributed by atoms with van der Waals surface area (Å²) in [5, 5.41) is 3.33. The highest BCUT2D eigenvalue weighted by molar-refractivity contribution is 7.91. The first kappa shape index (κ1) is 21.8. The maximum Gasteiger partial charge on any atom is 0.240 e. The largest absolute Gasteiger partial charge is 0.308 e. The lowest BCUT2D eigenvalue weighted by atomic mass is 9.95. The second-order valence-electron chi connectivity index (χ2n) is 6.51. The number of sulfonamides is 1. The van der Waals surface area contributed by atoms with Gasteiger partial charge in [-0.15, -0.1) is 12.4 Å². The maximum atomic E-state index is 12.8. The van der Waals surface area contributed by atoms with Gasteiger partial charge in [0.15, 0.2) is 9.84 Å². The maximum absolute atomic E-state index is 12.8. The van der Waals surface area contributed by atoms with Crippen LogP contribution in [0.15, 0.2) is 52.3 Å². The fraction of sp³-hybridized carbons (Fsp3) is 0.333. The van der Waals surface area contributed by atoms with Gasteiger partial charge in [0.25, 0.3) is 0 Å². The smallest absolute Gasteiger partial charge is 0.240 e. The fourth-order valence-corrected chi connectivity index (χ4v) is 5.18. The summed E-state index contributed by atoms with van der Waals surface area (Å²) in [7, 11) is -7.31. The first-order valence-corrected chi connectivity index (χ1v) is 11.7. The number of aryl methyl sites for hydroxylation is 1. The number of halogens is 1. The summed E-state index contributed by atoms with van der Waals surface area (Å²) in [6.45, 7) is 2.63. The Balaban J connectivity index is 0.00000261. The lowest BCUT2D eigenvalue weighted by Crippen LogP contribution is -2.39. The molecule has 0 saturated heterocycles. The molecule has 1 atom stereocenters. The highest BCUT2D eigenvalue weighted by Gasteiger charge is 2.24. The number of benzene rings is 2. The van der Waals surface area contributed by atoms with Crippen LogP contribution in [0.2, 0.25) is 0 Å². The van der Waals surface area contributed by atoms with Crippen molar-refractivity contribution >= 4 is 32.3 Å². The number of fused-ring (bicyclic) bond motifs is 1. The first-order chi connectivity index (χ1) is 12.2. The van der Waals surface area contributed by atoms with Crippen molar-refractivity contribution in [1.29, 1.82) is 0 Å². The molecule has 9 heteroatoms. The zero-order valence-electron chi connectivity index (χ0n) is 15.1. The Hall–Kier alpha value is -1.45. The van der Waals surface area contributed by atoms with Gasteiger partial charge in [-0.3, -0.25) is 0 Å². The summed E-state index contributed by atoms with van der Waals surface area (Å²) in [5.41, 5.74) is 2.80. The number of rotatable bonds is 5. The molecule has 0 aromatic heterocycles. The molecule has 1 aliphatic rings. The monoisotopic (exact) mass is 430 g/mol. The van der Waals surface area contributed by atoms with Crippen LogP contribution in [0.4, 0.5) is 0 Å². The van der Waals surface area contributed by atoms with Crippen LogP contribution in [0, 0.1) is 6.92 Å². The average molecular weight is 431 g/mol. The minimum Gasteiger partial charge on any atom is -0.308 e. The molecule has 3 rings (SSSR count). The molecule has 148 valence electrons. The van der Waals surface area contributed by atoms with Crippen molar-refractivity contribution in [3.05, 3.63) is 59.2 Å². The number of hydrogen-bond acceptors (Lipinski definition) is 5. The van der Waals surface area contributed by atoms with Gasteiger partial charge < -0.3 is 5.32 Å². The predicted molar refractivity (Wildman–Crippen MR) is 108 cm³/mol. The molecule has 27 heavy (non-hydrogen) atoms. The predicted octanol–water partition coefficient (Wildman–Crippen LogP) is 1.99. The minimum atomic E-state index is -3.83. The van der Waals surface area contributed by atoms with Crippen molar-refractivity contribution < 1.29 is 16.8 Å². The third-order valence-electron chi connectivity index (χ3n) is 4.57. The quantitative estimate of drug-likeness (QED) is 0.756. The van der Waals surface area contributed by atoms with E-state index in [1.54, 1.807) is 6.92 Å². The first-order valence-electron chi connectivity index (χ1n) is 8.30. The molecular weight excluding hydrogens is 408 g/mol. The molecule has 0 spiro atoms. The second kappa shape index (κ2) is 8.28. The number of hydrogen-bond donors (Lipinski definition) is 2. The summed E-state index contributed by atoms with van der Waals surface area (Å²) < 4.78 is 51.6. The summed E-state index contributed by atoms with van der Waals surface area (Å²) >= 11 is 0. The van der Waals surface area contributed by atoms with Crippen molar-refractivity contribution in [2.75, 3.05) is 19.3 Å². The highest BCUT2D eigenvalue weighted by Crippen LogP contribution is 2.24. The average Bonchev–Trinajstić information content (AvgIpc) is 2.59.